The Bertz CT molecular complexity index is 447. The Labute approximate surface area is 106 Å². The molecule has 0 fully saturated rings. The first-order valence-electron chi connectivity index (χ1n) is 5.92. The molecule has 0 aliphatic rings. The van der Waals surface area contributed by atoms with E-state index in [0.29, 0.717) is 6.04 Å². The SMILES string of the molecule is CNCCN(C)C(C)c1nc2ccccc2s1. The molecule has 1 unspecified atom stereocenters. The normalized spacial score (nSPS) is 13.4. The summed E-state index contributed by atoms with van der Waals surface area (Å²) in [6, 6.07) is 8.70. The zero-order valence-corrected chi connectivity index (χ0v) is 11.4. The molecule has 2 rings (SSSR count). The number of likely N-dealkylation sites (N-methyl/N-ethyl adjacent to an activating group) is 2. The van der Waals surface area contributed by atoms with Gasteiger partial charge < -0.3 is 5.32 Å². The summed E-state index contributed by atoms with van der Waals surface area (Å²) >= 11 is 1.79. The Morgan fingerprint density at radius 2 is 2.18 bits per heavy atom. The van der Waals surface area contributed by atoms with Crippen molar-refractivity contribution in [3.05, 3.63) is 29.3 Å². The van der Waals surface area contributed by atoms with Crippen LogP contribution in [0.15, 0.2) is 24.3 Å². The van der Waals surface area contributed by atoms with Crippen LogP contribution in [0, 0.1) is 0 Å². The minimum absolute atomic E-state index is 0.376. The maximum atomic E-state index is 4.70. The second-order valence-electron chi connectivity index (χ2n) is 4.28. The zero-order chi connectivity index (χ0) is 12.3. The average molecular weight is 249 g/mol. The van der Waals surface area contributed by atoms with Gasteiger partial charge in [0, 0.05) is 13.1 Å². The summed E-state index contributed by atoms with van der Waals surface area (Å²) in [4.78, 5) is 7.03. The van der Waals surface area contributed by atoms with Crippen LogP contribution in [0.1, 0.15) is 18.0 Å². The van der Waals surface area contributed by atoms with Crippen LogP contribution in [-0.2, 0) is 0 Å². The van der Waals surface area contributed by atoms with Crippen LogP contribution in [0.3, 0.4) is 0 Å². The molecule has 0 aliphatic carbocycles. The standard InChI is InChI=1S/C13H19N3S/c1-10(16(3)9-8-14-2)13-15-11-6-4-5-7-12(11)17-13/h4-7,10,14H,8-9H2,1-3H3. The number of nitrogens with zero attached hydrogens (tertiary/aromatic N) is 2. The first-order valence-corrected chi connectivity index (χ1v) is 6.74. The Morgan fingerprint density at radius 1 is 1.41 bits per heavy atom. The fraction of sp³-hybridized carbons (Fsp3) is 0.462. The predicted octanol–water partition coefficient (Wildman–Crippen LogP) is 2.51. The van der Waals surface area contributed by atoms with Gasteiger partial charge in [-0.2, -0.15) is 0 Å². The molecule has 1 heterocycles. The molecule has 0 spiro atoms. The maximum absolute atomic E-state index is 4.70. The van der Waals surface area contributed by atoms with E-state index in [1.807, 2.05) is 13.1 Å². The van der Waals surface area contributed by atoms with E-state index in [1.165, 1.54) is 9.71 Å². The van der Waals surface area contributed by atoms with Crippen molar-refractivity contribution in [1.29, 1.82) is 0 Å². The van der Waals surface area contributed by atoms with Crippen LogP contribution in [0.25, 0.3) is 10.2 Å². The number of nitrogens with one attached hydrogen (secondary N) is 1. The molecule has 0 bridgehead atoms. The van der Waals surface area contributed by atoms with E-state index >= 15 is 0 Å². The van der Waals surface area contributed by atoms with E-state index in [9.17, 15) is 0 Å². The third kappa shape index (κ3) is 2.83. The molecular formula is C13H19N3S. The van der Waals surface area contributed by atoms with Crippen LogP contribution in [0.5, 0.6) is 0 Å². The van der Waals surface area contributed by atoms with Crippen molar-refractivity contribution in [2.24, 2.45) is 0 Å². The monoisotopic (exact) mass is 249 g/mol. The molecule has 1 aromatic heterocycles. The Morgan fingerprint density at radius 3 is 2.88 bits per heavy atom. The van der Waals surface area contributed by atoms with Crippen LogP contribution < -0.4 is 5.32 Å². The Kier molecular flexibility index (Phi) is 4.10. The Hall–Kier alpha value is -0.970. The summed E-state index contributed by atoms with van der Waals surface area (Å²) in [6.07, 6.45) is 0. The van der Waals surface area contributed by atoms with E-state index in [4.69, 9.17) is 4.98 Å². The largest absolute Gasteiger partial charge is 0.318 e. The number of para-hydroxylation sites is 1. The number of fused-ring (bicyclic) bond motifs is 1. The lowest BCUT2D eigenvalue weighted by molar-refractivity contribution is 0.263. The molecule has 0 saturated carbocycles. The smallest absolute Gasteiger partial charge is 0.111 e. The number of aromatic nitrogens is 1. The highest BCUT2D eigenvalue weighted by Crippen LogP contribution is 2.28. The van der Waals surface area contributed by atoms with Gasteiger partial charge in [-0.05, 0) is 33.2 Å². The molecule has 1 atom stereocenters. The molecule has 0 aliphatic heterocycles. The lowest BCUT2D eigenvalue weighted by atomic mass is 10.3. The topological polar surface area (TPSA) is 28.2 Å². The molecule has 17 heavy (non-hydrogen) atoms. The summed E-state index contributed by atoms with van der Waals surface area (Å²) < 4.78 is 1.27. The molecule has 3 nitrogen and oxygen atoms in total. The molecule has 92 valence electrons. The van der Waals surface area contributed by atoms with Gasteiger partial charge in [0.05, 0.1) is 16.3 Å². The van der Waals surface area contributed by atoms with Crippen LogP contribution in [0.4, 0.5) is 0 Å². The summed E-state index contributed by atoms with van der Waals surface area (Å²) in [5.74, 6) is 0. The van der Waals surface area contributed by atoms with E-state index in [-0.39, 0.29) is 0 Å². The highest BCUT2D eigenvalue weighted by Gasteiger charge is 2.15. The van der Waals surface area contributed by atoms with Gasteiger partial charge in [-0.1, -0.05) is 12.1 Å². The second-order valence-corrected chi connectivity index (χ2v) is 5.34. The van der Waals surface area contributed by atoms with E-state index in [0.717, 1.165) is 18.6 Å². The van der Waals surface area contributed by atoms with Gasteiger partial charge in [-0.25, -0.2) is 4.98 Å². The predicted molar refractivity (Wildman–Crippen MR) is 74.6 cm³/mol. The minimum atomic E-state index is 0.376. The summed E-state index contributed by atoms with van der Waals surface area (Å²) in [7, 11) is 4.13. The minimum Gasteiger partial charge on any atom is -0.318 e. The lowest BCUT2D eigenvalue weighted by Crippen LogP contribution is -2.29. The molecular weight excluding hydrogens is 230 g/mol. The van der Waals surface area contributed by atoms with Crippen molar-refractivity contribution >= 4 is 21.6 Å². The number of rotatable bonds is 5. The van der Waals surface area contributed by atoms with Gasteiger partial charge >= 0.3 is 0 Å². The van der Waals surface area contributed by atoms with Gasteiger partial charge in [-0.3, -0.25) is 4.90 Å². The third-order valence-electron chi connectivity index (χ3n) is 3.04. The molecule has 1 N–H and O–H groups in total. The summed E-state index contributed by atoms with van der Waals surface area (Å²) in [5, 5.41) is 4.37. The molecule has 1 aromatic carbocycles. The van der Waals surface area contributed by atoms with Crippen LogP contribution in [0.2, 0.25) is 0 Å². The van der Waals surface area contributed by atoms with Gasteiger partial charge in [0.25, 0.3) is 0 Å². The van der Waals surface area contributed by atoms with E-state index in [1.54, 1.807) is 11.3 Å². The number of hydrogen-bond donors (Lipinski definition) is 1. The Balaban J connectivity index is 2.15. The quantitative estimate of drug-likeness (QED) is 0.882. The molecule has 4 heteroatoms. The van der Waals surface area contributed by atoms with Crippen molar-refractivity contribution in [3.8, 4) is 0 Å². The van der Waals surface area contributed by atoms with Crippen LogP contribution in [-0.4, -0.2) is 37.1 Å². The molecule has 0 radical (unpaired) electrons. The zero-order valence-electron chi connectivity index (χ0n) is 10.6. The van der Waals surface area contributed by atoms with Crippen molar-refractivity contribution in [2.75, 3.05) is 27.2 Å². The highest BCUT2D eigenvalue weighted by molar-refractivity contribution is 7.18. The number of thiazole rings is 1. The number of hydrogen-bond acceptors (Lipinski definition) is 4. The van der Waals surface area contributed by atoms with Crippen LogP contribution >= 0.6 is 11.3 Å². The lowest BCUT2D eigenvalue weighted by Gasteiger charge is -2.22. The number of benzene rings is 1. The average Bonchev–Trinajstić information content (AvgIpc) is 2.78. The summed E-state index contributed by atoms with van der Waals surface area (Å²) in [6.45, 7) is 4.26. The fourth-order valence-electron chi connectivity index (χ4n) is 1.74. The maximum Gasteiger partial charge on any atom is 0.111 e. The van der Waals surface area contributed by atoms with Gasteiger partial charge in [0.1, 0.15) is 5.01 Å². The van der Waals surface area contributed by atoms with E-state index < -0.39 is 0 Å². The van der Waals surface area contributed by atoms with Gasteiger partial charge in [0.15, 0.2) is 0 Å². The molecule has 2 aromatic rings. The van der Waals surface area contributed by atoms with Crippen molar-refractivity contribution in [3.63, 3.8) is 0 Å². The van der Waals surface area contributed by atoms with Crippen molar-refractivity contribution in [2.45, 2.75) is 13.0 Å². The van der Waals surface area contributed by atoms with Crippen molar-refractivity contribution < 1.29 is 0 Å². The van der Waals surface area contributed by atoms with E-state index in [2.05, 4.69) is 42.4 Å². The van der Waals surface area contributed by atoms with Gasteiger partial charge in [0.2, 0.25) is 0 Å². The first kappa shape index (κ1) is 12.5. The van der Waals surface area contributed by atoms with Gasteiger partial charge in [-0.15, -0.1) is 11.3 Å². The fourth-order valence-corrected chi connectivity index (χ4v) is 2.82. The molecule has 0 amide bonds. The first-order chi connectivity index (χ1) is 8.22. The highest BCUT2D eigenvalue weighted by atomic mass is 32.1. The summed E-state index contributed by atoms with van der Waals surface area (Å²) in [5.41, 5.74) is 1.11. The molecule has 0 saturated heterocycles. The second kappa shape index (κ2) is 5.58. The third-order valence-corrected chi connectivity index (χ3v) is 4.25. The van der Waals surface area contributed by atoms with Crippen molar-refractivity contribution in [1.82, 2.24) is 15.2 Å².